The van der Waals surface area contributed by atoms with Gasteiger partial charge in [0.15, 0.2) is 11.6 Å². The van der Waals surface area contributed by atoms with E-state index < -0.39 is 54.5 Å². The molecule has 0 spiro atoms. The lowest BCUT2D eigenvalue weighted by atomic mass is 10.0. The second-order valence-electron chi connectivity index (χ2n) is 13.0. The number of rotatable bonds is 19. The summed E-state index contributed by atoms with van der Waals surface area (Å²) in [6.45, 7) is 11.0. The van der Waals surface area contributed by atoms with E-state index >= 15 is 0 Å². The molecule has 5 N–H and O–H groups in total. The summed E-state index contributed by atoms with van der Waals surface area (Å²) >= 11 is 0. The highest BCUT2D eigenvalue weighted by Gasteiger charge is 2.53. The summed E-state index contributed by atoms with van der Waals surface area (Å²) in [4.78, 5) is 41.9. The number of nitrogens with zero attached hydrogens (tertiary/aromatic N) is 2. The van der Waals surface area contributed by atoms with Crippen LogP contribution >= 0.6 is 7.75 Å². The first-order valence-electron chi connectivity index (χ1n) is 16.2. The van der Waals surface area contributed by atoms with Gasteiger partial charge in [0.1, 0.15) is 24.4 Å². The minimum absolute atomic E-state index is 0.00878. The van der Waals surface area contributed by atoms with Crippen molar-refractivity contribution in [2.24, 2.45) is 28.9 Å². The largest absolute Gasteiger partial charge is 0.464 e. The lowest BCUT2D eigenvalue weighted by Gasteiger charge is -2.27. The van der Waals surface area contributed by atoms with Crippen molar-refractivity contribution in [3.63, 3.8) is 0 Å². The molecule has 0 unspecified atom stereocenters. The molecule has 0 saturated heterocycles. The molecule has 3 rings (SSSR count). The zero-order valence-corrected chi connectivity index (χ0v) is 29.4. The molecule has 1 fully saturated rings. The molecule has 2 aromatic rings. The van der Waals surface area contributed by atoms with Crippen molar-refractivity contribution in [1.29, 1.82) is 0 Å². The average molecular weight is 694 g/mol. The molecule has 0 radical (unpaired) electrons. The molecule has 0 bridgehead atoms. The fourth-order valence-electron chi connectivity index (χ4n) is 4.74. The minimum Gasteiger partial charge on any atom is -0.464 e. The molecule has 266 valence electrons. The molecule has 1 aromatic heterocycles. The third-order valence-electron chi connectivity index (χ3n) is 8.20. The van der Waals surface area contributed by atoms with Gasteiger partial charge in [-0.1, -0.05) is 72.6 Å². The summed E-state index contributed by atoms with van der Waals surface area (Å²) in [5.41, 5.74) is 10.0. The van der Waals surface area contributed by atoms with E-state index in [1.807, 2.05) is 27.7 Å². The first kappa shape index (κ1) is 38.9. The smallest absolute Gasteiger partial charge is 0.459 e. The molecular weight excluding hydrogens is 644 g/mol. The summed E-state index contributed by atoms with van der Waals surface area (Å²) < 4.78 is 52.7. The molecule has 1 aliphatic rings. The topological polar surface area (TPSA) is 187 Å². The number of hydrogen-bond acceptors (Lipinski definition) is 11. The van der Waals surface area contributed by atoms with Crippen LogP contribution in [0.5, 0.6) is 5.75 Å². The molecule has 1 aromatic carbocycles. The summed E-state index contributed by atoms with van der Waals surface area (Å²) in [5.74, 6) is -2.50. The van der Waals surface area contributed by atoms with Crippen LogP contribution in [-0.2, 0) is 28.2 Å². The Hall–Kier alpha value is -3.58. The molecule has 1 heterocycles. The minimum atomic E-state index is -4.34. The summed E-state index contributed by atoms with van der Waals surface area (Å²) in [6, 6.07) is 6.37. The maximum absolute atomic E-state index is 14.5. The van der Waals surface area contributed by atoms with Crippen LogP contribution in [0.3, 0.4) is 0 Å². The van der Waals surface area contributed by atoms with Gasteiger partial charge in [-0.15, -0.1) is 0 Å². The van der Waals surface area contributed by atoms with E-state index in [2.05, 4.69) is 10.1 Å². The maximum Gasteiger partial charge on any atom is 0.459 e. The van der Waals surface area contributed by atoms with Crippen LogP contribution in [0, 0.1) is 29.0 Å². The second-order valence-corrected chi connectivity index (χ2v) is 14.6. The van der Waals surface area contributed by atoms with Crippen molar-refractivity contribution < 1.29 is 37.1 Å². The van der Waals surface area contributed by atoms with E-state index in [0.717, 1.165) is 23.6 Å². The van der Waals surface area contributed by atoms with Crippen LogP contribution in [-0.4, -0.2) is 53.4 Å². The molecule has 15 heteroatoms. The Morgan fingerprint density at radius 1 is 1.10 bits per heavy atom. The summed E-state index contributed by atoms with van der Waals surface area (Å²) in [6.07, 6.45) is 4.38. The van der Waals surface area contributed by atoms with Gasteiger partial charge in [0.2, 0.25) is 0 Å². The van der Waals surface area contributed by atoms with Gasteiger partial charge in [-0.3, -0.25) is 18.7 Å². The van der Waals surface area contributed by atoms with E-state index in [1.54, 1.807) is 44.2 Å². The van der Waals surface area contributed by atoms with Gasteiger partial charge in [-0.25, -0.2) is 13.8 Å². The Bertz CT molecular complexity index is 1530. The molecule has 1 saturated carbocycles. The Balaban J connectivity index is 1.94. The van der Waals surface area contributed by atoms with Crippen LogP contribution in [0.4, 0.5) is 10.2 Å². The number of anilines is 1. The number of para-hydroxylation sites is 1. The molecule has 0 amide bonds. The van der Waals surface area contributed by atoms with Crippen molar-refractivity contribution in [3.05, 3.63) is 58.4 Å². The van der Waals surface area contributed by atoms with E-state index in [0.29, 0.717) is 5.57 Å². The number of nitrogens with two attached hydrogens (primary N) is 2. The highest BCUT2D eigenvalue weighted by molar-refractivity contribution is 7.52. The van der Waals surface area contributed by atoms with Crippen molar-refractivity contribution in [3.8, 4) is 5.75 Å². The highest BCUT2D eigenvalue weighted by Crippen LogP contribution is 2.56. The molecule has 13 nitrogen and oxygen atoms in total. The van der Waals surface area contributed by atoms with Crippen LogP contribution < -0.4 is 26.8 Å². The molecule has 1 aliphatic carbocycles. The van der Waals surface area contributed by atoms with E-state index in [9.17, 15) is 23.3 Å². The highest BCUT2D eigenvalue weighted by atomic mass is 31.2. The van der Waals surface area contributed by atoms with E-state index in [1.165, 1.54) is 6.20 Å². The number of benzene rings is 1. The number of aromatic nitrogens is 2. The van der Waals surface area contributed by atoms with Crippen molar-refractivity contribution in [2.45, 2.75) is 79.3 Å². The molecule has 48 heavy (non-hydrogen) atoms. The monoisotopic (exact) mass is 693 g/mol. The zero-order valence-electron chi connectivity index (χ0n) is 28.5. The Kier molecular flexibility index (Phi) is 13.9. The Morgan fingerprint density at radius 3 is 2.38 bits per heavy atom. The van der Waals surface area contributed by atoms with Crippen LogP contribution in [0.15, 0.2) is 46.9 Å². The zero-order chi connectivity index (χ0) is 35.6. The van der Waals surface area contributed by atoms with Crippen LogP contribution in [0.1, 0.15) is 67.2 Å². The summed E-state index contributed by atoms with van der Waals surface area (Å²) in [5, 5.41) is 2.82. The number of nitrogens with one attached hydrogen (secondary N) is 1. The van der Waals surface area contributed by atoms with Crippen molar-refractivity contribution in [2.75, 3.05) is 25.6 Å². The third-order valence-corrected chi connectivity index (χ3v) is 9.74. The van der Waals surface area contributed by atoms with E-state index in [4.69, 9.17) is 30.0 Å². The normalized spacial score (nSPS) is 19.3. The van der Waals surface area contributed by atoms with E-state index in [-0.39, 0.29) is 56.2 Å². The first-order valence-corrected chi connectivity index (χ1v) is 17.8. The van der Waals surface area contributed by atoms with Gasteiger partial charge in [-0.05, 0) is 48.3 Å². The molecular formula is C33H49FN5O8P. The second kappa shape index (κ2) is 17.2. The van der Waals surface area contributed by atoms with Crippen molar-refractivity contribution >= 4 is 31.7 Å². The standard InChI is InChI=1S/C33H49FN5O8P/c1-7-23(8-2)18-44-30(40)27(14-21(3)4)38-48(43,47-25-12-10-9-11-13-25)46-20-33(19-45-31(41)28(35)22(5)6)15-24(33)16-39-17-26(34)29(36)37-32(39)42/h9-13,16-17,21-23,27-28H,7-8,14-15,18-20,35H2,1-6H3,(H,38,43)(H2,36,37,42)/b24-16-/t27-,28-,33-,48-/m0/s1. The van der Waals surface area contributed by atoms with Crippen LogP contribution in [0.25, 0.3) is 6.20 Å². The Labute approximate surface area is 281 Å². The van der Waals surface area contributed by atoms with Gasteiger partial charge in [0.05, 0.1) is 24.8 Å². The maximum atomic E-state index is 14.5. The van der Waals surface area contributed by atoms with Gasteiger partial charge < -0.3 is 25.5 Å². The van der Waals surface area contributed by atoms with Crippen LogP contribution in [0.2, 0.25) is 0 Å². The van der Waals surface area contributed by atoms with Gasteiger partial charge in [0, 0.05) is 6.20 Å². The third kappa shape index (κ3) is 11.0. The first-order chi connectivity index (χ1) is 22.6. The number of carbonyl (C=O) groups is 2. The number of nitrogen functional groups attached to an aromatic ring is 1. The SMILES string of the molecule is CCC(CC)COC(=O)[C@H](CC(C)C)N[P@](=O)(OC[C@@]1(COC(=O)[C@@H](N)C(C)C)C/C1=C/n1cc(F)c(N)nc1=O)Oc1ccccc1. The predicted molar refractivity (Wildman–Crippen MR) is 180 cm³/mol. The lowest BCUT2D eigenvalue weighted by molar-refractivity contribution is -0.149. The quantitative estimate of drug-likeness (QED) is 0.134. The average Bonchev–Trinajstić information content (AvgIpc) is 3.73. The summed E-state index contributed by atoms with van der Waals surface area (Å²) in [7, 11) is -4.34. The number of hydrogen-bond donors (Lipinski definition) is 3. The van der Waals surface area contributed by atoms with Crippen molar-refractivity contribution in [1.82, 2.24) is 14.6 Å². The Morgan fingerprint density at radius 2 is 1.77 bits per heavy atom. The number of esters is 2. The number of carbonyl (C=O) groups excluding carboxylic acids is 2. The predicted octanol–water partition coefficient (Wildman–Crippen LogP) is 4.91. The lowest BCUT2D eigenvalue weighted by Crippen LogP contribution is -2.40. The van der Waals surface area contributed by atoms with Gasteiger partial charge in [0.25, 0.3) is 0 Å². The van der Waals surface area contributed by atoms with Gasteiger partial charge in [-0.2, -0.15) is 10.1 Å². The van der Waals surface area contributed by atoms with Gasteiger partial charge >= 0.3 is 25.4 Å². The number of halogens is 1. The molecule has 4 atom stereocenters. The fraction of sp³-hybridized carbons (Fsp3) is 0.576. The fourth-order valence-corrected chi connectivity index (χ4v) is 6.32. The molecule has 0 aliphatic heterocycles. The number of ether oxygens (including phenoxy) is 2.